The van der Waals surface area contributed by atoms with Crippen molar-refractivity contribution in [3.63, 3.8) is 0 Å². The van der Waals surface area contributed by atoms with Crippen molar-refractivity contribution in [1.82, 2.24) is 9.80 Å². The highest BCUT2D eigenvalue weighted by atomic mass is 35.5. The molecule has 0 fully saturated rings. The number of thioether (sulfide) groups is 2. The highest BCUT2D eigenvalue weighted by molar-refractivity contribution is 8.01. The zero-order valence-electron chi connectivity index (χ0n) is 34.0. The first-order valence-electron chi connectivity index (χ1n) is 19.1. The van der Waals surface area contributed by atoms with Crippen molar-refractivity contribution in [3.05, 3.63) is 139 Å². The number of benzene rings is 4. The van der Waals surface area contributed by atoms with Crippen LogP contribution in [0.4, 0.5) is 11.4 Å². The molecular weight excluding hydrogens is 882 g/mol. The third kappa shape index (κ3) is 11.6. The van der Waals surface area contributed by atoms with Crippen LogP contribution in [0.15, 0.2) is 107 Å². The molecule has 0 aromatic heterocycles. The Balaban J connectivity index is 1.32. The van der Waals surface area contributed by atoms with E-state index in [-0.39, 0.29) is 23.6 Å². The lowest BCUT2D eigenvalue weighted by Gasteiger charge is -2.35. The summed E-state index contributed by atoms with van der Waals surface area (Å²) in [4.78, 5) is 42.0. The average molecular weight is 929 g/mol. The second-order valence-electron chi connectivity index (χ2n) is 15.0. The fraction of sp³-hybridized carbons (Fsp3) is 0.318. The van der Waals surface area contributed by atoms with Crippen LogP contribution in [0.3, 0.4) is 0 Å². The maximum absolute atomic E-state index is 13.9. The van der Waals surface area contributed by atoms with Gasteiger partial charge in [0.2, 0.25) is 0 Å². The van der Waals surface area contributed by atoms with Gasteiger partial charge >= 0.3 is 11.9 Å². The van der Waals surface area contributed by atoms with E-state index < -0.39 is 22.1 Å². The Kier molecular flexibility index (Phi) is 15.3. The van der Waals surface area contributed by atoms with Crippen LogP contribution in [0.25, 0.3) is 0 Å². The predicted octanol–water partition coefficient (Wildman–Crippen LogP) is 9.84. The normalized spacial score (nSPS) is 19.8. The first-order chi connectivity index (χ1) is 28.5. The van der Waals surface area contributed by atoms with Gasteiger partial charge < -0.3 is 29.9 Å². The third-order valence-electron chi connectivity index (χ3n) is 9.19. The van der Waals surface area contributed by atoms with E-state index in [0.29, 0.717) is 78.2 Å². The van der Waals surface area contributed by atoms with Crippen molar-refractivity contribution in [2.45, 2.75) is 34.5 Å². The molecule has 0 aliphatic carbocycles. The zero-order chi connectivity index (χ0) is 43.2. The number of aliphatic imine (C=N–C) groups is 2. The van der Waals surface area contributed by atoms with Crippen LogP contribution in [0.5, 0.6) is 0 Å². The van der Waals surface area contributed by atoms with Gasteiger partial charge in [-0.2, -0.15) is 0 Å². The summed E-state index contributed by atoms with van der Waals surface area (Å²) in [7, 11) is 7.90. The standard InChI is InChI=1S/C44H46Cl4N6O4S2/c1-27(23-53(3)4)59-43(25-49-41(31-11-7-9-13-35(31)47)33-21-29(45)15-17-37(33)51-43)57-39(55)19-20-40(56)58-44(60-28(2)24-54(5)6)26-50-42(32-12-8-10-14-36(32)48)34-22-30(46)16-18-38(34)52-44/h7-22,27-28,51-52H,23-26H2,1-6H3/b20-19+. The second-order valence-corrected chi connectivity index (χ2v) is 20.1. The van der Waals surface area contributed by atoms with E-state index in [1.807, 2.05) is 90.6 Å². The number of benzodiazepines with no additional fused rings is 2. The van der Waals surface area contributed by atoms with E-state index in [9.17, 15) is 9.59 Å². The monoisotopic (exact) mass is 926 g/mol. The van der Waals surface area contributed by atoms with Crippen LogP contribution in [-0.4, -0.2) is 108 Å². The number of carbonyl (C=O) groups excluding carboxylic acids is 2. The van der Waals surface area contributed by atoms with Gasteiger partial charge in [-0.25, -0.2) is 9.59 Å². The van der Waals surface area contributed by atoms with Gasteiger partial charge in [0.25, 0.3) is 10.1 Å². The Labute approximate surface area is 380 Å². The van der Waals surface area contributed by atoms with Gasteiger partial charge in [-0.3, -0.25) is 9.98 Å². The number of rotatable bonds is 14. The second kappa shape index (κ2) is 20.0. The number of ether oxygens (including phenoxy) is 2. The third-order valence-corrected chi connectivity index (χ3v) is 12.8. The maximum Gasteiger partial charge on any atom is 0.333 e. The predicted molar refractivity (Wildman–Crippen MR) is 252 cm³/mol. The Hall–Kier alpha value is -3.72. The summed E-state index contributed by atoms with van der Waals surface area (Å²) in [6.07, 6.45) is 2.14. The smallest absolute Gasteiger partial charge is 0.333 e. The van der Waals surface area contributed by atoms with Gasteiger partial charge in [0, 0.05) is 89.5 Å². The van der Waals surface area contributed by atoms with E-state index in [4.69, 9.17) is 65.9 Å². The number of hydrogen-bond acceptors (Lipinski definition) is 12. The number of nitrogens with one attached hydrogen (secondary N) is 2. The molecule has 4 aromatic carbocycles. The van der Waals surface area contributed by atoms with Crippen molar-refractivity contribution >= 4 is 105 Å². The summed E-state index contributed by atoms with van der Waals surface area (Å²) in [6.45, 7) is 5.46. The summed E-state index contributed by atoms with van der Waals surface area (Å²) in [6, 6.07) is 25.6. The van der Waals surface area contributed by atoms with Gasteiger partial charge in [-0.05, 0) is 76.7 Å². The topological polar surface area (TPSA) is 108 Å². The molecule has 2 N–H and O–H groups in total. The van der Waals surface area contributed by atoms with E-state index in [1.54, 1.807) is 36.4 Å². The molecule has 316 valence electrons. The molecule has 10 nitrogen and oxygen atoms in total. The van der Waals surface area contributed by atoms with Gasteiger partial charge in [0.05, 0.1) is 11.4 Å². The molecule has 0 amide bonds. The Morgan fingerprint density at radius 3 is 1.40 bits per heavy atom. The quantitative estimate of drug-likeness (QED) is 0.0721. The summed E-state index contributed by atoms with van der Waals surface area (Å²) in [5.74, 6) is -1.57. The Morgan fingerprint density at radius 1 is 0.650 bits per heavy atom. The number of halogens is 4. The summed E-state index contributed by atoms with van der Waals surface area (Å²) < 4.78 is 12.6. The number of fused-ring (bicyclic) bond motifs is 2. The van der Waals surface area contributed by atoms with Crippen LogP contribution in [0.1, 0.15) is 36.1 Å². The van der Waals surface area contributed by atoms with Crippen LogP contribution in [0, 0.1) is 0 Å². The fourth-order valence-electron chi connectivity index (χ4n) is 7.02. The molecule has 4 aromatic rings. The molecule has 0 spiro atoms. The van der Waals surface area contributed by atoms with Crippen molar-refractivity contribution in [3.8, 4) is 0 Å². The van der Waals surface area contributed by atoms with Crippen molar-refractivity contribution < 1.29 is 19.1 Å². The molecule has 2 aliphatic heterocycles. The molecule has 0 saturated carbocycles. The molecule has 0 radical (unpaired) electrons. The van der Waals surface area contributed by atoms with E-state index in [2.05, 4.69) is 20.4 Å². The summed E-state index contributed by atoms with van der Waals surface area (Å²) >= 11 is 29.2. The molecule has 0 saturated heterocycles. The first-order valence-corrected chi connectivity index (χ1v) is 22.4. The fourth-order valence-corrected chi connectivity index (χ4v) is 10.7. The van der Waals surface area contributed by atoms with E-state index >= 15 is 0 Å². The lowest BCUT2D eigenvalue weighted by atomic mass is 10.0. The number of esters is 2. The van der Waals surface area contributed by atoms with Gasteiger partial charge in [-0.1, -0.05) is 120 Å². The van der Waals surface area contributed by atoms with Gasteiger partial charge in [-0.15, -0.1) is 0 Å². The number of hydrogen-bond donors (Lipinski definition) is 2. The summed E-state index contributed by atoms with van der Waals surface area (Å²) in [5.41, 5.74) is 5.26. The van der Waals surface area contributed by atoms with E-state index in [1.165, 1.54) is 23.5 Å². The highest BCUT2D eigenvalue weighted by Gasteiger charge is 2.42. The van der Waals surface area contributed by atoms with Crippen LogP contribution in [-0.2, 0) is 19.1 Å². The molecule has 4 unspecified atom stereocenters. The number of nitrogens with zero attached hydrogens (tertiary/aromatic N) is 4. The minimum absolute atomic E-state index is 0.00887. The molecule has 0 bridgehead atoms. The molecule has 2 heterocycles. The Morgan fingerprint density at radius 2 is 1.03 bits per heavy atom. The zero-order valence-corrected chi connectivity index (χ0v) is 38.6. The number of anilines is 2. The van der Waals surface area contributed by atoms with Crippen LogP contribution < -0.4 is 10.6 Å². The minimum atomic E-state index is -1.40. The van der Waals surface area contributed by atoms with Gasteiger partial charge in [0.15, 0.2) is 0 Å². The van der Waals surface area contributed by atoms with Crippen molar-refractivity contribution in [1.29, 1.82) is 0 Å². The minimum Gasteiger partial charge on any atom is -0.424 e. The highest BCUT2D eigenvalue weighted by Crippen LogP contribution is 2.41. The number of carbonyl (C=O) groups is 2. The average Bonchev–Trinajstić information content (AvgIpc) is 3.41. The molecule has 16 heteroatoms. The summed E-state index contributed by atoms with van der Waals surface area (Å²) in [5, 5.41) is 6.12. The molecular formula is C44H46Cl4N6O4S2. The van der Waals surface area contributed by atoms with Crippen molar-refractivity contribution in [2.75, 3.05) is 65.0 Å². The molecule has 6 rings (SSSR count). The Bertz CT molecular complexity index is 2170. The largest absolute Gasteiger partial charge is 0.424 e. The lowest BCUT2D eigenvalue weighted by molar-refractivity contribution is -0.146. The van der Waals surface area contributed by atoms with Crippen molar-refractivity contribution in [2.24, 2.45) is 9.98 Å². The first kappa shape index (κ1) is 45.8. The SMILES string of the molecule is CC(CN(C)C)SC1(OC(=O)/C=C/C(=O)OC2(SC(C)CN(C)C)CN=C(c3ccccc3Cl)c3cc(Cl)ccc3N2)CN=C(c2ccccc2Cl)c2cc(Cl)ccc2N1. The molecule has 4 atom stereocenters. The molecule has 2 aliphatic rings. The molecule has 60 heavy (non-hydrogen) atoms. The maximum atomic E-state index is 13.9. The van der Waals surface area contributed by atoms with Crippen LogP contribution >= 0.6 is 69.9 Å². The van der Waals surface area contributed by atoms with Crippen LogP contribution in [0.2, 0.25) is 20.1 Å². The van der Waals surface area contributed by atoms with E-state index in [0.717, 1.165) is 12.2 Å². The van der Waals surface area contributed by atoms with Gasteiger partial charge in [0.1, 0.15) is 13.1 Å². The lowest BCUT2D eigenvalue weighted by Crippen LogP contribution is -2.45.